The molecule has 8 nitrogen and oxygen atoms in total. The van der Waals surface area contributed by atoms with Crippen LogP contribution in [-0.2, 0) is 14.1 Å². The van der Waals surface area contributed by atoms with E-state index >= 15 is 0 Å². The summed E-state index contributed by atoms with van der Waals surface area (Å²) < 4.78 is 29.5. The predicted molar refractivity (Wildman–Crippen MR) is 95.2 cm³/mol. The molecular formula is C17H20N2O6P+. The zero-order valence-corrected chi connectivity index (χ0v) is 15.3. The van der Waals surface area contributed by atoms with Gasteiger partial charge in [0.25, 0.3) is 5.69 Å². The molecule has 0 spiro atoms. The van der Waals surface area contributed by atoms with Crippen molar-refractivity contribution < 1.29 is 33.1 Å². The molecule has 0 unspecified atom stereocenters. The fourth-order valence-electron chi connectivity index (χ4n) is 1.98. The van der Waals surface area contributed by atoms with Crippen molar-refractivity contribution >= 4 is 26.1 Å². The standard InChI is InChI=1S/C17H20N2O6P/c1-13(17(20)23-3)18-26(22,24-15-7-5-4-6-8-15)25-16-11-9-14(10-12-16)19(2)21/h4-13,21H,2H2,1,3H3,(H,18,22)/q+1/t13-,26+/m0/s1. The molecule has 2 N–H and O–H groups in total. The molecule has 0 aliphatic carbocycles. The van der Waals surface area contributed by atoms with Crippen LogP contribution in [0.2, 0.25) is 0 Å². The molecule has 2 atom stereocenters. The summed E-state index contributed by atoms with van der Waals surface area (Å²) in [4.78, 5) is 11.7. The van der Waals surface area contributed by atoms with Gasteiger partial charge in [0.05, 0.1) is 7.11 Å². The van der Waals surface area contributed by atoms with Crippen LogP contribution in [0.15, 0.2) is 54.6 Å². The van der Waals surface area contributed by atoms with E-state index in [0.717, 1.165) is 0 Å². The summed E-state index contributed by atoms with van der Waals surface area (Å²) in [5.41, 5.74) is 0.409. The van der Waals surface area contributed by atoms with Crippen LogP contribution in [0.5, 0.6) is 11.5 Å². The maximum atomic E-state index is 13.2. The minimum atomic E-state index is -3.97. The average Bonchev–Trinajstić information content (AvgIpc) is 2.61. The van der Waals surface area contributed by atoms with Crippen molar-refractivity contribution in [2.45, 2.75) is 13.0 Å². The first-order valence-electron chi connectivity index (χ1n) is 7.62. The molecule has 0 radical (unpaired) electrons. The molecule has 2 aromatic rings. The minimum Gasteiger partial charge on any atom is -0.468 e. The number of hydrogen-bond donors (Lipinski definition) is 2. The van der Waals surface area contributed by atoms with Gasteiger partial charge >= 0.3 is 13.7 Å². The first-order valence-corrected chi connectivity index (χ1v) is 9.17. The fourth-order valence-corrected chi connectivity index (χ4v) is 3.50. The number of nitrogens with one attached hydrogen (secondary N) is 1. The van der Waals surface area contributed by atoms with E-state index < -0.39 is 19.8 Å². The monoisotopic (exact) mass is 379 g/mol. The molecule has 0 fully saturated rings. The average molecular weight is 379 g/mol. The van der Waals surface area contributed by atoms with E-state index in [1.165, 1.54) is 38.3 Å². The Labute approximate surface area is 151 Å². The van der Waals surface area contributed by atoms with Gasteiger partial charge in [-0.05, 0) is 31.2 Å². The van der Waals surface area contributed by atoms with Crippen molar-refractivity contribution in [2.75, 3.05) is 7.11 Å². The molecule has 26 heavy (non-hydrogen) atoms. The van der Waals surface area contributed by atoms with Crippen LogP contribution in [0, 0.1) is 0 Å². The Balaban J connectivity index is 2.25. The number of hydrogen-bond acceptors (Lipinski definition) is 6. The lowest BCUT2D eigenvalue weighted by Crippen LogP contribution is -2.35. The molecule has 0 aliphatic rings. The zero-order valence-electron chi connectivity index (χ0n) is 14.4. The molecule has 0 aromatic heterocycles. The highest BCUT2D eigenvalue weighted by Crippen LogP contribution is 2.45. The maximum absolute atomic E-state index is 13.2. The Morgan fingerprint density at radius 1 is 1.12 bits per heavy atom. The highest BCUT2D eigenvalue weighted by Gasteiger charge is 2.33. The number of ether oxygens (including phenoxy) is 1. The van der Waals surface area contributed by atoms with E-state index in [1.807, 2.05) is 0 Å². The zero-order chi connectivity index (χ0) is 19.2. The summed E-state index contributed by atoms with van der Waals surface area (Å²) in [5, 5.41) is 11.8. The number of benzene rings is 2. The number of carbonyl (C=O) groups is 1. The summed E-state index contributed by atoms with van der Waals surface area (Å²) in [6.07, 6.45) is 0. The molecule has 0 aliphatic heterocycles. The fraction of sp³-hybridized carbons (Fsp3) is 0.176. The van der Waals surface area contributed by atoms with E-state index in [1.54, 1.807) is 30.3 Å². The number of methoxy groups -OCH3 is 1. The van der Waals surface area contributed by atoms with Crippen LogP contribution in [0.4, 0.5) is 5.69 Å². The molecule has 0 saturated carbocycles. The van der Waals surface area contributed by atoms with Gasteiger partial charge in [-0.2, -0.15) is 5.09 Å². The lowest BCUT2D eigenvalue weighted by molar-refractivity contribution is -0.706. The second-order valence-corrected chi connectivity index (χ2v) is 6.88. The van der Waals surface area contributed by atoms with Crippen molar-refractivity contribution in [2.24, 2.45) is 0 Å². The van der Waals surface area contributed by atoms with Gasteiger partial charge in [0.1, 0.15) is 17.5 Å². The van der Waals surface area contributed by atoms with Crippen LogP contribution in [0.1, 0.15) is 6.92 Å². The number of rotatable bonds is 8. The van der Waals surface area contributed by atoms with Gasteiger partial charge in [0, 0.05) is 16.9 Å². The van der Waals surface area contributed by atoms with Gasteiger partial charge in [-0.25, -0.2) is 4.57 Å². The van der Waals surface area contributed by atoms with Gasteiger partial charge in [0.2, 0.25) is 0 Å². The van der Waals surface area contributed by atoms with Crippen molar-refractivity contribution in [1.82, 2.24) is 5.09 Å². The molecule has 0 amide bonds. The molecular weight excluding hydrogens is 359 g/mol. The minimum absolute atomic E-state index is 0.208. The van der Waals surface area contributed by atoms with E-state index in [0.29, 0.717) is 16.2 Å². The molecule has 2 rings (SSSR count). The van der Waals surface area contributed by atoms with Crippen molar-refractivity contribution in [3.63, 3.8) is 0 Å². The highest BCUT2D eigenvalue weighted by molar-refractivity contribution is 7.52. The van der Waals surface area contributed by atoms with Crippen LogP contribution < -0.4 is 14.1 Å². The second-order valence-electron chi connectivity index (χ2n) is 5.26. The largest absolute Gasteiger partial charge is 0.513 e. The van der Waals surface area contributed by atoms with E-state index in [2.05, 4.69) is 16.5 Å². The van der Waals surface area contributed by atoms with Gasteiger partial charge in [0.15, 0.2) is 6.72 Å². The predicted octanol–water partition coefficient (Wildman–Crippen LogP) is 3.14. The van der Waals surface area contributed by atoms with Crippen molar-refractivity contribution in [3.8, 4) is 11.5 Å². The summed E-state index contributed by atoms with van der Waals surface area (Å²) in [5.74, 6) is -0.107. The SMILES string of the molecule is C=[N+](O)c1ccc(O[P@@](=O)(N[C@@H](C)C(=O)OC)Oc2ccccc2)cc1. The van der Waals surface area contributed by atoms with E-state index in [4.69, 9.17) is 9.05 Å². The molecule has 0 saturated heterocycles. The first kappa shape index (κ1) is 19.5. The van der Waals surface area contributed by atoms with E-state index in [9.17, 15) is 14.6 Å². The first-order chi connectivity index (χ1) is 12.3. The topological polar surface area (TPSA) is 97.1 Å². The number of para-hydroxylation sites is 1. The van der Waals surface area contributed by atoms with Gasteiger partial charge in [-0.15, -0.1) is 0 Å². The van der Waals surface area contributed by atoms with Gasteiger partial charge in [-0.1, -0.05) is 18.2 Å². The lowest BCUT2D eigenvalue weighted by Gasteiger charge is -2.22. The summed E-state index contributed by atoms with van der Waals surface area (Å²) in [6, 6.07) is 13.5. The third-order valence-corrected chi connectivity index (χ3v) is 4.84. The number of esters is 1. The van der Waals surface area contributed by atoms with Crippen LogP contribution in [0.25, 0.3) is 0 Å². The Morgan fingerprint density at radius 3 is 2.15 bits per heavy atom. The van der Waals surface area contributed by atoms with Crippen LogP contribution in [0.3, 0.4) is 0 Å². The molecule has 138 valence electrons. The number of nitrogens with zero attached hydrogens (tertiary/aromatic N) is 1. The van der Waals surface area contributed by atoms with Crippen LogP contribution >= 0.6 is 7.75 Å². The van der Waals surface area contributed by atoms with Gasteiger partial charge in [-0.3, -0.25) is 10.0 Å². The third-order valence-electron chi connectivity index (χ3n) is 3.24. The third kappa shape index (κ3) is 5.34. The molecule has 9 heteroatoms. The van der Waals surface area contributed by atoms with E-state index in [-0.39, 0.29) is 5.75 Å². The molecule has 0 bridgehead atoms. The van der Waals surface area contributed by atoms with Crippen molar-refractivity contribution in [1.29, 1.82) is 0 Å². The number of carbonyl (C=O) groups excluding carboxylic acids is 1. The summed E-state index contributed by atoms with van der Waals surface area (Å²) in [7, 11) is -2.74. The highest BCUT2D eigenvalue weighted by atomic mass is 31.2. The Morgan fingerprint density at radius 2 is 1.65 bits per heavy atom. The Kier molecular flexibility index (Phi) is 6.38. The van der Waals surface area contributed by atoms with Crippen molar-refractivity contribution in [3.05, 3.63) is 54.6 Å². The quantitative estimate of drug-likeness (QED) is 0.182. The van der Waals surface area contributed by atoms with Gasteiger partial charge < -0.3 is 13.8 Å². The summed E-state index contributed by atoms with van der Waals surface area (Å²) in [6.45, 7) is 4.82. The lowest BCUT2D eigenvalue weighted by atomic mass is 10.3. The normalized spacial score (nSPS) is 13.9. The smallest absolute Gasteiger partial charge is 0.468 e. The van der Waals surface area contributed by atoms with Crippen LogP contribution in [-0.4, -0.2) is 35.8 Å². The molecule has 0 heterocycles. The molecule has 2 aromatic carbocycles. The summed E-state index contributed by atoms with van der Waals surface area (Å²) >= 11 is 0. The Bertz CT molecular complexity index is 810. The Hall–Kier alpha value is -2.83. The second kappa shape index (κ2) is 8.51. The maximum Gasteiger partial charge on any atom is 0.513 e.